The molecule has 0 amide bonds. The zero-order valence-electron chi connectivity index (χ0n) is 16.4. The van der Waals surface area contributed by atoms with Crippen molar-refractivity contribution >= 4 is 17.3 Å². The molecule has 0 aliphatic carbocycles. The van der Waals surface area contributed by atoms with Gasteiger partial charge in [-0.1, -0.05) is 43.3 Å². The summed E-state index contributed by atoms with van der Waals surface area (Å²) in [5.41, 5.74) is 1.50. The van der Waals surface area contributed by atoms with Crippen molar-refractivity contribution in [3.05, 3.63) is 58.3 Å². The summed E-state index contributed by atoms with van der Waals surface area (Å²) in [5.74, 6) is 1.45. The molecule has 0 radical (unpaired) electrons. The number of ether oxygens (including phenoxy) is 1. The third-order valence-corrected chi connectivity index (χ3v) is 6.30. The molecule has 3 rings (SSSR count). The molecule has 1 aliphatic heterocycles. The van der Waals surface area contributed by atoms with Crippen molar-refractivity contribution in [1.82, 2.24) is 10.6 Å². The van der Waals surface area contributed by atoms with Gasteiger partial charge in [-0.3, -0.25) is 4.99 Å². The molecule has 146 valence electrons. The third-order valence-electron chi connectivity index (χ3n) is 5.40. The van der Waals surface area contributed by atoms with E-state index in [0.29, 0.717) is 5.92 Å². The lowest BCUT2D eigenvalue weighted by Gasteiger charge is -2.38. The van der Waals surface area contributed by atoms with Gasteiger partial charge in [0.05, 0.1) is 0 Å². The summed E-state index contributed by atoms with van der Waals surface area (Å²) in [6.07, 6.45) is 3.18. The number of rotatable bonds is 7. The van der Waals surface area contributed by atoms with Crippen LogP contribution in [-0.4, -0.2) is 39.3 Å². The Kier molecular flexibility index (Phi) is 7.30. The van der Waals surface area contributed by atoms with Gasteiger partial charge in [0.1, 0.15) is 0 Å². The van der Waals surface area contributed by atoms with Gasteiger partial charge in [0.15, 0.2) is 5.96 Å². The molecule has 1 unspecified atom stereocenters. The summed E-state index contributed by atoms with van der Waals surface area (Å²) in [7, 11) is 1.85. The molecule has 2 N–H and O–H groups in total. The number of nitrogens with zero attached hydrogens (tertiary/aromatic N) is 1. The second kappa shape index (κ2) is 9.90. The molecule has 1 aliphatic rings. The van der Waals surface area contributed by atoms with Gasteiger partial charge < -0.3 is 15.4 Å². The fraction of sp³-hybridized carbons (Fsp3) is 0.500. The minimum atomic E-state index is 0.111. The van der Waals surface area contributed by atoms with Crippen LogP contribution in [0.3, 0.4) is 0 Å². The van der Waals surface area contributed by atoms with Crippen molar-refractivity contribution in [3.63, 3.8) is 0 Å². The van der Waals surface area contributed by atoms with Crippen LogP contribution in [-0.2, 0) is 16.6 Å². The quantitative estimate of drug-likeness (QED) is 0.562. The topological polar surface area (TPSA) is 45.7 Å². The first-order valence-electron chi connectivity index (χ1n) is 9.82. The van der Waals surface area contributed by atoms with Gasteiger partial charge >= 0.3 is 0 Å². The van der Waals surface area contributed by atoms with Crippen molar-refractivity contribution in [2.24, 2.45) is 10.9 Å². The molecule has 0 bridgehead atoms. The van der Waals surface area contributed by atoms with Gasteiger partial charge in [-0.05, 0) is 42.2 Å². The van der Waals surface area contributed by atoms with E-state index >= 15 is 0 Å². The van der Waals surface area contributed by atoms with Crippen LogP contribution < -0.4 is 10.6 Å². The molecule has 0 saturated carbocycles. The van der Waals surface area contributed by atoms with Crippen LogP contribution in [0.15, 0.2) is 52.8 Å². The lowest BCUT2D eigenvalue weighted by Crippen LogP contribution is -2.48. The predicted molar refractivity (Wildman–Crippen MR) is 115 cm³/mol. The van der Waals surface area contributed by atoms with Gasteiger partial charge in [0.2, 0.25) is 0 Å². The van der Waals surface area contributed by atoms with Crippen LogP contribution >= 0.6 is 11.3 Å². The molecule has 27 heavy (non-hydrogen) atoms. The number of guanidine groups is 1. The average molecular weight is 386 g/mol. The van der Waals surface area contributed by atoms with Gasteiger partial charge in [0, 0.05) is 43.6 Å². The number of benzene rings is 1. The van der Waals surface area contributed by atoms with Crippen molar-refractivity contribution in [1.29, 1.82) is 0 Å². The molecule has 1 saturated heterocycles. The molecule has 2 heterocycles. The van der Waals surface area contributed by atoms with Crippen LogP contribution in [0, 0.1) is 5.92 Å². The molecule has 1 fully saturated rings. The first kappa shape index (κ1) is 19.9. The van der Waals surface area contributed by atoms with Crippen LogP contribution in [0.4, 0.5) is 0 Å². The maximum absolute atomic E-state index is 5.64. The Labute approximate surface area is 167 Å². The molecule has 0 spiro atoms. The lowest BCUT2D eigenvalue weighted by atomic mass is 9.74. The highest BCUT2D eigenvalue weighted by molar-refractivity contribution is 7.09. The lowest BCUT2D eigenvalue weighted by molar-refractivity contribution is 0.0514. The van der Waals surface area contributed by atoms with Crippen LogP contribution in [0.2, 0.25) is 0 Å². The van der Waals surface area contributed by atoms with E-state index < -0.39 is 0 Å². The van der Waals surface area contributed by atoms with Crippen LogP contribution in [0.25, 0.3) is 0 Å². The maximum Gasteiger partial charge on any atom is 0.191 e. The Balaban J connectivity index is 1.55. The normalized spacial score (nSPS) is 18.1. The van der Waals surface area contributed by atoms with E-state index in [9.17, 15) is 0 Å². The fourth-order valence-electron chi connectivity index (χ4n) is 3.71. The van der Waals surface area contributed by atoms with E-state index in [1.54, 1.807) is 0 Å². The van der Waals surface area contributed by atoms with E-state index in [0.717, 1.165) is 51.5 Å². The van der Waals surface area contributed by atoms with E-state index in [2.05, 4.69) is 70.4 Å². The van der Waals surface area contributed by atoms with Gasteiger partial charge in [-0.25, -0.2) is 0 Å². The average Bonchev–Trinajstić information content (AvgIpc) is 3.22. The number of nitrogens with one attached hydrogen (secondary N) is 2. The highest BCUT2D eigenvalue weighted by Crippen LogP contribution is 2.34. The Morgan fingerprint density at radius 3 is 2.59 bits per heavy atom. The van der Waals surface area contributed by atoms with E-state index in [1.807, 2.05) is 18.4 Å². The zero-order chi connectivity index (χ0) is 19.0. The summed E-state index contributed by atoms with van der Waals surface area (Å²) in [6, 6.07) is 15.2. The third kappa shape index (κ3) is 5.56. The first-order chi connectivity index (χ1) is 13.2. The summed E-state index contributed by atoms with van der Waals surface area (Å²) in [5, 5.41) is 9.23. The van der Waals surface area contributed by atoms with E-state index in [-0.39, 0.29) is 5.41 Å². The minimum Gasteiger partial charge on any atom is -0.381 e. The molecule has 1 aromatic carbocycles. The minimum absolute atomic E-state index is 0.111. The molecule has 2 aromatic rings. The maximum atomic E-state index is 5.64. The van der Waals surface area contributed by atoms with Gasteiger partial charge in [-0.15, -0.1) is 11.3 Å². The smallest absolute Gasteiger partial charge is 0.191 e. The van der Waals surface area contributed by atoms with Crippen LogP contribution in [0.5, 0.6) is 0 Å². The fourth-order valence-corrected chi connectivity index (χ4v) is 4.58. The van der Waals surface area contributed by atoms with Crippen molar-refractivity contribution in [2.75, 3.05) is 33.4 Å². The Morgan fingerprint density at radius 1 is 1.15 bits per heavy atom. The highest BCUT2D eigenvalue weighted by Gasteiger charge is 2.34. The van der Waals surface area contributed by atoms with Gasteiger partial charge in [-0.2, -0.15) is 0 Å². The Bertz CT molecular complexity index is 694. The number of aliphatic imine (C=N–C) groups is 1. The van der Waals surface area contributed by atoms with Crippen molar-refractivity contribution < 1.29 is 4.74 Å². The first-order valence-corrected chi connectivity index (χ1v) is 10.7. The number of thiophene rings is 1. The van der Waals surface area contributed by atoms with E-state index in [4.69, 9.17) is 4.74 Å². The largest absolute Gasteiger partial charge is 0.381 e. The monoisotopic (exact) mass is 385 g/mol. The molecular weight excluding hydrogens is 354 g/mol. The van der Waals surface area contributed by atoms with Gasteiger partial charge in [0.25, 0.3) is 0 Å². The van der Waals surface area contributed by atoms with E-state index in [1.165, 1.54) is 10.4 Å². The molecular formula is C22H31N3OS. The summed E-state index contributed by atoms with van der Waals surface area (Å²) in [4.78, 5) is 5.87. The summed E-state index contributed by atoms with van der Waals surface area (Å²) in [6.45, 7) is 5.71. The SMILES string of the molecule is CN=C(NCC(C)Cc1cccs1)NCC1(c2ccccc2)CCOCC1. The molecule has 1 atom stereocenters. The summed E-state index contributed by atoms with van der Waals surface area (Å²) >= 11 is 1.83. The Morgan fingerprint density at radius 2 is 1.93 bits per heavy atom. The van der Waals surface area contributed by atoms with Crippen molar-refractivity contribution in [2.45, 2.75) is 31.6 Å². The standard InChI is InChI=1S/C22H31N3OS/c1-18(15-20-9-6-14-27-20)16-24-21(23-2)25-17-22(10-12-26-13-11-22)19-7-4-3-5-8-19/h3-9,14,18H,10-13,15-17H2,1-2H3,(H2,23,24,25). The second-order valence-corrected chi connectivity index (χ2v) is 8.49. The number of hydrogen-bond acceptors (Lipinski definition) is 3. The number of hydrogen-bond donors (Lipinski definition) is 2. The van der Waals surface area contributed by atoms with Crippen molar-refractivity contribution in [3.8, 4) is 0 Å². The zero-order valence-corrected chi connectivity index (χ0v) is 17.2. The summed E-state index contributed by atoms with van der Waals surface area (Å²) < 4.78 is 5.64. The molecule has 5 heteroatoms. The predicted octanol–water partition coefficient (Wildman–Crippen LogP) is 3.84. The highest BCUT2D eigenvalue weighted by atomic mass is 32.1. The molecule has 4 nitrogen and oxygen atoms in total. The Hall–Kier alpha value is -1.85. The second-order valence-electron chi connectivity index (χ2n) is 7.45. The molecule has 1 aromatic heterocycles. The van der Waals surface area contributed by atoms with Crippen LogP contribution in [0.1, 0.15) is 30.2 Å².